The largest absolute Gasteiger partial charge is 0.309 e. The van der Waals surface area contributed by atoms with Crippen molar-refractivity contribution < 1.29 is 0 Å². The Kier molecular flexibility index (Phi) is 5.80. The summed E-state index contributed by atoms with van der Waals surface area (Å²) in [6.07, 6.45) is 3.77. The lowest BCUT2D eigenvalue weighted by Gasteiger charge is -2.10. The van der Waals surface area contributed by atoms with Crippen molar-refractivity contribution in [2.45, 2.75) is 0 Å². The van der Waals surface area contributed by atoms with Gasteiger partial charge in [0.15, 0.2) is 0 Å². The molecule has 212 valence electrons. The standard InChI is InChI=1S/C40H26N4S/c1-41-33(26-11-10-12-27(25-26)43-34-17-6-2-13-28(34)29-14-3-7-18-35(29)43)23-24-42-44-36-19-8-4-16-32(36)39-37(44)22-21-31-30-15-5-9-20-38(30)45-40(31)39/h2-25H,1H2/b33-23-,42-24-. The highest BCUT2D eigenvalue weighted by Crippen LogP contribution is 2.42. The van der Waals surface area contributed by atoms with Crippen LogP contribution in [0.5, 0.6) is 0 Å². The Labute approximate surface area is 263 Å². The Bertz CT molecular complexity index is 2630. The average Bonchev–Trinajstić information content (AvgIpc) is 3.74. The van der Waals surface area contributed by atoms with Crippen LogP contribution in [-0.4, -0.2) is 22.2 Å². The van der Waals surface area contributed by atoms with E-state index in [1.54, 1.807) is 0 Å². The molecule has 3 heterocycles. The molecule has 0 saturated carbocycles. The highest BCUT2D eigenvalue weighted by atomic mass is 32.1. The van der Waals surface area contributed by atoms with Gasteiger partial charge in [-0.05, 0) is 55.3 Å². The second-order valence-corrected chi connectivity index (χ2v) is 12.2. The minimum absolute atomic E-state index is 0.758. The molecule has 0 unspecified atom stereocenters. The number of aromatic nitrogens is 2. The van der Waals surface area contributed by atoms with Crippen molar-refractivity contribution >= 4 is 93.7 Å². The Morgan fingerprint density at radius 3 is 2.02 bits per heavy atom. The maximum Gasteiger partial charge on any atom is 0.0746 e. The van der Waals surface area contributed by atoms with E-state index in [9.17, 15) is 0 Å². The Balaban J connectivity index is 1.16. The van der Waals surface area contributed by atoms with Gasteiger partial charge in [0.1, 0.15) is 0 Å². The van der Waals surface area contributed by atoms with Crippen LogP contribution in [0.25, 0.3) is 75.2 Å². The minimum Gasteiger partial charge on any atom is -0.309 e. The van der Waals surface area contributed by atoms with Gasteiger partial charge in [0.2, 0.25) is 0 Å². The van der Waals surface area contributed by atoms with Gasteiger partial charge in [-0.2, -0.15) is 5.10 Å². The first-order chi connectivity index (χ1) is 22.3. The van der Waals surface area contributed by atoms with Crippen LogP contribution in [-0.2, 0) is 0 Å². The smallest absolute Gasteiger partial charge is 0.0746 e. The van der Waals surface area contributed by atoms with Gasteiger partial charge < -0.3 is 4.57 Å². The van der Waals surface area contributed by atoms with E-state index in [4.69, 9.17) is 5.10 Å². The Morgan fingerprint density at radius 1 is 0.600 bits per heavy atom. The number of rotatable bonds is 5. The molecule has 0 N–H and O–H groups in total. The number of para-hydroxylation sites is 3. The third-order valence-corrected chi connectivity index (χ3v) is 9.92. The minimum atomic E-state index is 0.758. The van der Waals surface area contributed by atoms with E-state index in [1.807, 2.05) is 28.3 Å². The van der Waals surface area contributed by atoms with Gasteiger partial charge in [-0.25, -0.2) is 4.68 Å². The van der Waals surface area contributed by atoms with Crippen LogP contribution in [0, 0.1) is 0 Å². The predicted molar refractivity (Wildman–Crippen MR) is 195 cm³/mol. The first-order valence-corrected chi connectivity index (χ1v) is 15.8. The van der Waals surface area contributed by atoms with E-state index in [0.29, 0.717) is 0 Å². The van der Waals surface area contributed by atoms with E-state index in [2.05, 4.69) is 150 Å². The lowest BCUT2D eigenvalue weighted by Crippen LogP contribution is -1.95. The summed E-state index contributed by atoms with van der Waals surface area (Å²) >= 11 is 1.85. The molecule has 0 aliphatic rings. The maximum atomic E-state index is 4.98. The molecule has 9 rings (SSSR count). The maximum absolute atomic E-state index is 4.98. The van der Waals surface area contributed by atoms with Crippen molar-refractivity contribution in [3.05, 3.63) is 145 Å². The molecule has 0 bridgehead atoms. The van der Waals surface area contributed by atoms with Gasteiger partial charge in [-0.3, -0.25) is 4.99 Å². The number of hydrogen-bond acceptors (Lipinski definition) is 3. The summed E-state index contributed by atoms with van der Waals surface area (Å²) in [5.41, 5.74) is 7.32. The van der Waals surface area contributed by atoms with E-state index >= 15 is 0 Å². The zero-order valence-corrected chi connectivity index (χ0v) is 25.1. The molecule has 0 aliphatic heterocycles. The number of nitrogens with zero attached hydrogens (tertiary/aromatic N) is 4. The molecule has 0 amide bonds. The summed E-state index contributed by atoms with van der Waals surface area (Å²) in [7, 11) is 0. The second kappa shape index (κ2) is 10.2. The number of thiophene rings is 1. The van der Waals surface area contributed by atoms with Crippen LogP contribution in [0.1, 0.15) is 5.56 Å². The van der Waals surface area contributed by atoms with Gasteiger partial charge in [0, 0.05) is 53.0 Å². The van der Waals surface area contributed by atoms with Crippen LogP contribution >= 0.6 is 11.3 Å². The third-order valence-electron chi connectivity index (χ3n) is 8.72. The molecule has 0 radical (unpaired) electrons. The van der Waals surface area contributed by atoms with Crippen LogP contribution < -0.4 is 0 Å². The summed E-state index contributed by atoms with van der Waals surface area (Å²) in [5, 5.41) is 12.5. The fourth-order valence-electron chi connectivity index (χ4n) is 6.76. The Morgan fingerprint density at radius 2 is 1.27 bits per heavy atom. The molecule has 0 spiro atoms. The van der Waals surface area contributed by atoms with E-state index in [1.165, 1.54) is 52.8 Å². The lowest BCUT2D eigenvalue weighted by molar-refractivity contribution is 0.977. The SMILES string of the molecule is C=N/C(=C\C=N/n1c2ccccc2c2c3sc4ccccc4c3ccc21)c1cccc(-n2c3ccccc3c3ccccc32)c1. The van der Waals surface area contributed by atoms with Crippen molar-refractivity contribution in [2.75, 3.05) is 0 Å². The number of allylic oxidation sites excluding steroid dienone is 1. The van der Waals surface area contributed by atoms with Gasteiger partial charge in [-0.1, -0.05) is 91.0 Å². The number of benzene rings is 6. The van der Waals surface area contributed by atoms with Gasteiger partial charge in [-0.15, -0.1) is 11.3 Å². The monoisotopic (exact) mass is 594 g/mol. The number of fused-ring (bicyclic) bond motifs is 10. The molecule has 4 nitrogen and oxygen atoms in total. The zero-order chi connectivity index (χ0) is 29.9. The number of hydrogen-bond donors (Lipinski definition) is 0. The van der Waals surface area contributed by atoms with E-state index in [0.717, 1.165) is 28.0 Å². The van der Waals surface area contributed by atoms with Crippen molar-refractivity contribution in [1.29, 1.82) is 0 Å². The van der Waals surface area contributed by atoms with Crippen LogP contribution in [0.4, 0.5) is 0 Å². The molecule has 0 atom stereocenters. The summed E-state index contributed by atoms with van der Waals surface area (Å²) in [6.45, 7) is 3.91. The summed E-state index contributed by atoms with van der Waals surface area (Å²) < 4.78 is 6.95. The van der Waals surface area contributed by atoms with Crippen molar-refractivity contribution in [2.24, 2.45) is 10.1 Å². The van der Waals surface area contributed by atoms with Crippen LogP contribution in [0.2, 0.25) is 0 Å². The fourth-order valence-corrected chi connectivity index (χ4v) is 8.01. The summed E-state index contributed by atoms with van der Waals surface area (Å²) in [4.78, 5) is 4.42. The topological polar surface area (TPSA) is 34.6 Å². The molecule has 9 aromatic rings. The van der Waals surface area contributed by atoms with Gasteiger partial charge in [0.25, 0.3) is 0 Å². The normalized spacial score (nSPS) is 12.6. The van der Waals surface area contributed by atoms with Crippen molar-refractivity contribution in [1.82, 2.24) is 9.24 Å². The molecular formula is C40H26N4S. The van der Waals surface area contributed by atoms with Crippen LogP contribution in [0.3, 0.4) is 0 Å². The molecule has 6 aromatic carbocycles. The highest BCUT2D eigenvalue weighted by molar-refractivity contribution is 7.26. The quantitative estimate of drug-likeness (QED) is 0.178. The summed E-state index contributed by atoms with van der Waals surface area (Å²) in [5.74, 6) is 0. The van der Waals surface area contributed by atoms with E-state index in [-0.39, 0.29) is 0 Å². The second-order valence-electron chi connectivity index (χ2n) is 11.2. The Hall–Kier alpha value is -5.78. The first-order valence-electron chi connectivity index (χ1n) is 14.9. The lowest BCUT2D eigenvalue weighted by atomic mass is 10.1. The zero-order valence-electron chi connectivity index (χ0n) is 24.3. The van der Waals surface area contributed by atoms with Gasteiger partial charge >= 0.3 is 0 Å². The van der Waals surface area contributed by atoms with Crippen molar-refractivity contribution in [3.63, 3.8) is 0 Å². The third kappa shape index (κ3) is 3.91. The van der Waals surface area contributed by atoms with E-state index < -0.39 is 0 Å². The molecule has 45 heavy (non-hydrogen) atoms. The fraction of sp³-hybridized carbons (Fsp3) is 0. The average molecular weight is 595 g/mol. The molecule has 3 aromatic heterocycles. The van der Waals surface area contributed by atoms with Crippen LogP contribution in [0.15, 0.2) is 150 Å². The number of aliphatic imine (C=N–C) groups is 1. The molecule has 0 saturated heterocycles. The first kappa shape index (κ1) is 25.7. The molecule has 5 heteroatoms. The van der Waals surface area contributed by atoms with Gasteiger partial charge in [0.05, 0.1) is 34.0 Å². The van der Waals surface area contributed by atoms with Crippen molar-refractivity contribution in [3.8, 4) is 5.69 Å². The predicted octanol–water partition coefficient (Wildman–Crippen LogP) is 10.8. The molecule has 0 fully saturated rings. The highest BCUT2D eigenvalue weighted by Gasteiger charge is 2.16. The summed E-state index contributed by atoms with van der Waals surface area (Å²) in [6, 6.07) is 47.1. The molecule has 0 aliphatic carbocycles. The molecular weight excluding hydrogens is 569 g/mol.